The molecule has 0 saturated heterocycles. The van der Waals surface area contributed by atoms with Gasteiger partial charge in [-0.25, -0.2) is 4.98 Å². The smallest absolute Gasteiger partial charge is 0.258 e. The largest absolute Gasteiger partial charge is 0.270 e. The Labute approximate surface area is 100 Å². The van der Waals surface area contributed by atoms with Crippen LogP contribution in [0.1, 0.15) is 0 Å². The molecule has 0 amide bonds. The first-order chi connectivity index (χ1) is 7.66. The van der Waals surface area contributed by atoms with E-state index in [1.165, 1.54) is 12.1 Å². The summed E-state index contributed by atoms with van der Waals surface area (Å²) in [5.41, 5.74) is 1.51. The third-order valence-corrected chi connectivity index (χ3v) is 2.51. The molecule has 1 aromatic heterocycles. The third kappa shape index (κ3) is 2.25. The number of halogens is 1. The van der Waals surface area contributed by atoms with Crippen molar-refractivity contribution in [2.45, 2.75) is 0 Å². The van der Waals surface area contributed by atoms with Gasteiger partial charge in [-0.2, -0.15) is 0 Å². The van der Waals surface area contributed by atoms with E-state index in [1.54, 1.807) is 18.2 Å². The van der Waals surface area contributed by atoms with Crippen molar-refractivity contribution < 1.29 is 4.92 Å². The van der Waals surface area contributed by atoms with E-state index in [9.17, 15) is 10.1 Å². The summed E-state index contributed by atoms with van der Waals surface area (Å²) in [6.07, 6.45) is 0. The van der Waals surface area contributed by atoms with Crippen molar-refractivity contribution in [3.63, 3.8) is 0 Å². The first-order valence-electron chi connectivity index (χ1n) is 4.54. The van der Waals surface area contributed by atoms with Gasteiger partial charge in [0.25, 0.3) is 5.69 Å². The van der Waals surface area contributed by atoms with Crippen molar-refractivity contribution in [3.05, 3.63) is 57.2 Å². The molecule has 5 heteroatoms. The van der Waals surface area contributed by atoms with Crippen molar-refractivity contribution in [2.24, 2.45) is 0 Å². The Balaban J connectivity index is 2.48. The van der Waals surface area contributed by atoms with Crippen LogP contribution in [0.15, 0.2) is 47.1 Å². The summed E-state index contributed by atoms with van der Waals surface area (Å²) < 4.78 is 0.705. The Kier molecular flexibility index (Phi) is 2.96. The second-order valence-electron chi connectivity index (χ2n) is 3.15. The molecule has 1 aromatic carbocycles. The lowest BCUT2D eigenvalue weighted by atomic mass is 10.1. The first-order valence-corrected chi connectivity index (χ1v) is 5.33. The Morgan fingerprint density at radius 3 is 2.62 bits per heavy atom. The summed E-state index contributed by atoms with van der Waals surface area (Å²) in [7, 11) is 0. The van der Waals surface area contributed by atoms with Crippen LogP contribution in [0.4, 0.5) is 5.69 Å². The monoisotopic (exact) mass is 278 g/mol. The second kappa shape index (κ2) is 4.40. The maximum absolute atomic E-state index is 10.6. The third-order valence-electron chi connectivity index (χ3n) is 2.07. The van der Waals surface area contributed by atoms with Gasteiger partial charge < -0.3 is 0 Å². The molecule has 0 radical (unpaired) electrons. The lowest BCUT2D eigenvalue weighted by Crippen LogP contribution is -1.89. The Bertz CT molecular complexity index is 543. The van der Waals surface area contributed by atoms with Gasteiger partial charge in [0.15, 0.2) is 0 Å². The maximum atomic E-state index is 10.6. The van der Waals surface area contributed by atoms with Gasteiger partial charge in [-0.1, -0.05) is 18.2 Å². The average Bonchev–Trinajstić information content (AvgIpc) is 2.29. The predicted octanol–water partition coefficient (Wildman–Crippen LogP) is 3.42. The molecule has 0 unspecified atom stereocenters. The molecule has 0 spiro atoms. The second-order valence-corrected chi connectivity index (χ2v) is 3.97. The van der Waals surface area contributed by atoms with Crippen molar-refractivity contribution in [3.8, 4) is 11.3 Å². The van der Waals surface area contributed by atoms with E-state index >= 15 is 0 Å². The van der Waals surface area contributed by atoms with Crippen LogP contribution < -0.4 is 0 Å². The number of hydrogen-bond donors (Lipinski definition) is 0. The molecular formula is C11H7BrN2O2. The van der Waals surface area contributed by atoms with E-state index in [-0.39, 0.29) is 5.69 Å². The number of hydrogen-bond acceptors (Lipinski definition) is 3. The molecule has 80 valence electrons. The van der Waals surface area contributed by atoms with E-state index in [1.807, 2.05) is 12.1 Å². The topological polar surface area (TPSA) is 56.0 Å². The van der Waals surface area contributed by atoms with Gasteiger partial charge in [-0.05, 0) is 28.1 Å². The Morgan fingerprint density at radius 1 is 1.19 bits per heavy atom. The first kappa shape index (κ1) is 10.8. The average molecular weight is 279 g/mol. The summed E-state index contributed by atoms with van der Waals surface area (Å²) in [6.45, 7) is 0. The zero-order chi connectivity index (χ0) is 11.5. The van der Waals surface area contributed by atoms with Gasteiger partial charge in [-0.3, -0.25) is 10.1 Å². The molecule has 0 N–H and O–H groups in total. The van der Waals surface area contributed by atoms with Crippen molar-refractivity contribution in [1.29, 1.82) is 0 Å². The fraction of sp³-hybridized carbons (Fsp3) is 0. The van der Waals surface area contributed by atoms with Gasteiger partial charge in [0.05, 0.1) is 10.6 Å². The molecule has 0 aliphatic heterocycles. The lowest BCUT2D eigenvalue weighted by Gasteiger charge is -2.00. The zero-order valence-corrected chi connectivity index (χ0v) is 9.72. The molecule has 0 saturated carbocycles. The van der Waals surface area contributed by atoms with Gasteiger partial charge in [0, 0.05) is 17.7 Å². The number of nitro benzene ring substituents is 1. The SMILES string of the molecule is O=[N+]([O-])c1cccc(-c2cccc(Br)n2)c1. The molecule has 2 aromatic rings. The molecule has 0 atom stereocenters. The van der Waals surface area contributed by atoms with Gasteiger partial charge >= 0.3 is 0 Å². The number of rotatable bonds is 2. The molecule has 0 fully saturated rings. The minimum absolute atomic E-state index is 0.0688. The number of pyridine rings is 1. The van der Waals surface area contributed by atoms with E-state index in [4.69, 9.17) is 0 Å². The highest BCUT2D eigenvalue weighted by atomic mass is 79.9. The minimum atomic E-state index is -0.415. The van der Waals surface area contributed by atoms with E-state index in [0.29, 0.717) is 10.3 Å². The number of benzene rings is 1. The molecule has 2 rings (SSSR count). The van der Waals surface area contributed by atoms with Gasteiger partial charge in [-0.15, -0.1) is 0 Å². The zero-order valence-electron chi connectivity index (χ0n) is 8.13. The fourth-order valence-electron chi connectivity index (χ4n) is 1.35. The van der Waals surface area contributed by atoms with E-state index < -0.39 is 4.92 Å². The number of non-ortho nitro benzene ring substituents is 1. The van der Waals surface area contributed by atoms with Crippen LogP contribution in [0.5, 0.6) is 0 Å². The van der Waals surface area contributed by atoms with Crippen molar-refractivity contribution in [1.82, 2.24) is 4.98 Å². The Morgan fingerprint density at radius 2 is 1.94 bits per heavy atom. The molecule has 16 heavy (non-hydrogen) atoms. The summed E-state index contributed by atoms with van der Waals surface area (Å²) in [5.74, 6) is 0. The molecule has 1 heterocycles. The van der Waals surface area contributed by atoms with Crippen LogP contribution >= 0.6 is 15.9 Å². The minimum Gasteiger partial charge on any atom is -0.258 e. The summed E-state index contributed by atoms with van der Waals surface area (Å²) >= 11 is 3.26. The van der Waals surface area contributed by atoms with Crippen LogP contribution in [-0.4, -0.2) is 9.91 Å². The summed E-state index contributed by atoms with van der Waals surface area (Å²) in [6, 6.07) is 11.9. The molecule has 4 nitrogen and oxygen atoms in total. The number of nitrogens with zero attached hydrogens (tertiary/aromatic N) is 2. The van der Waals surface area contributed by atoms with Gasteiger partial charge in [0.2, 0.25) is 0 Å². The normalized spacial score (nSPS) is 10.1. The summed E-state index contributed by atoms with van der Waals surface area (Å²) in [5, 5.41) is 10.6. The van der Waals surface area contributed by atoms with E-state index in [0.717, 1.165) is 5.56 Å². The summed E-state index contributed by atoms with van der Waals surface area (Å²) in [4.78, 5) is 14.5. The maximum Gasteiger partial charge on any atom is 0.270 e. The van der Waals surface area contributed by atoms with Crippen LogP contribution in [0.25, 0.3) is 11.3 Å². The molecule has 0 aliphatic carbocycles. The number of nitro groups is 1. The Hall–Kier alpha value is -1.75. The number of aromatic nitrogens is 1. The molecule has 0 aliphatic rings. The van der Waals surface area contributed by atoms with Crippen LogP contribution in [0.2, 0.25) is 0 Å². The van der Waals surface area contributed by atoms with E-state index in [2.05, 4.69) is 20.9 Å². The highest BCUT2D eigenvalue weighted by Crippen LogP contribution is 2.23. The fourth-order valence-corrected chi connectivity index (χ4v) is 1.69. The van der Waals surface area contributed by atoms with Crippen LogP contribution in [-0.2, 0) is 0 Å². The standard InChI is InChI=1S/C11H7BrN2O2/c12-11-6-2-5-10(13-11)8-3-1-4-9(7-8)14(15)16/h1-7H. The highest BCUT2D eigenvalue weighted by Gasteiger charge is 2.07. The van der Waals surface area contributed by atoms with Crippen LogP contribution in [0.3, 0.4) is 0 Å². The predicted molar refractivity (Wildman–Crippen MR) is 64.0 cm³/mol. The van der Waals surface area contributed by atoms with Crippen LogP contribution in [0, 0.1) is 10.1 Å². The van der Waals surface area contributed by atoms with Crippen molar-refractivity contribution in [2.75, 3.05) is 0 Å². The van der Waals surface area contributed by atoms with Crippen molar-refractivity contribution >= 4 is 21.6 Å². The lowest BCUT2D eigenvalue weighted by molar-refractivity contribution is -0.384. The van der Waals surface area contributed by atoms with Gasteiger partial charge in [0.1, 0.15) is 4.60 Å². The quantitative estimate of drug-likeness (QED) is 0.481. The molecule has 0 bridgehead atoms. The highest BCUT2D eigenvalue weighted by molar-refractivity contribution is 9.10. The molecular weight excluding hydrogens is 272 g/mol.